The molecule has 2 nitrogen and oxygen atoms in total. The van der Waals surface area contributed by atoms with Crippen molar-refractivity contribution in [2.24, 2.45) is 5.92 Å². The van der Waals surface area contributed by atoms with Crippen LogP contribution in [-0.2, 0) is 4.74 Å². The van der Waals surface area contributed by atoms with Gasteiger partial charge in [-0.2, -0.15) is 0 Å². The summed E-state index contributed by atoms with van der Waals surface area (Å²) in [6, 6.07) is 1.97. The summed E-state index contributed by atoms with van der Waals surface area (Å²) >= 11 is 5.02. The summed E-state index contributed by atoms with van der Waals surface area (Å²) in [5, 5.41) is 12.0. The van der Waals surface area contributed by atoms with Crippen molar-refractivity contribution in [3.05, 3.63) is 20.8 Å². The highest BCUT2D eigenvalue weighted by Crippen LogP contribution is 2.36. The fraction of sp³-hybridized carbons (Fsp3) is 0.556. The van der Waals surface area contributed by atoms with Crippen LogP contribution in [0.15, 0.2) is 15.9 Å². The molecule has 1 N–H and O–H groups in total. The van der Waals surface area contributed by atoms with Crippen molar-refractivity contribution in [3.8, 4) is 0 Å². The van der Waals surface area contributed by atoms with Crippen LogP contribution in [0.5, 0.6) is 0 Å². The molecule has 2 atom stereocenters. The van der Waals surface area contributed by atoms with Gasteiger partial charge < -0.3 is 9.84 Å². The van der Waals surface area contributed by atoms with Crippen molar-refractivity contribution in [3.63, 3.8) is 0 Å². The van der Waals surface area contributed by atoms with Crippen LogP contribution in [0.3, 0.4) is 0 Å². The molecule has 1 aromatic rings. The first-order valence-corrected chi connectivity index (χ1v) is 5.95. The minimum absolute atomic E-state index is 0.273. The molecular weight excluding hydrogens is 252 g/mol. The molecule has 72 valence electrons. The van der Waals surface area contributed by atoms with E-state index in [1.54, 1.807) is 11.3 Å². The lowest BCUT2D eigenvalue weighted by Crippen LogP contribution is -2.11. The molecule has 1 saturated heterocycles. The van der Waals surface area contributed by atoms with Crippen LogP contribution in [0, 0.1) is 5.92 Å². The van der Waals surface area contributed by atoms with Crippen molar-refractivity contribution in [1.29, 1.82) is 0 Å². The number of ether oxygens (including phenoxy) is 1. The second-order valence-corrected chi connectivity index (χ2v) is 5.00. The lowest BCUT2D eigenvalue weighted by Gasteiger charge is -2.15. The molecule has 0 aliphatic carbocycles. The van der Waals surface area contributed by atoms with Crippen molar-refractivity contribution >= 4 is 27.3 Å². The van der Waals surface area contributed by atoms with E-state index in [4.69, 9.17) is 4.74 Å². The van der Waals surface area contributed by atoms with Crippen LogP contribution >= 0.6 is 27.3 Å². The predicted molar refractivity (Wildman–Crippen MR) is 55.9 cm³/mol. The minimum atomic E-state index is -0.364. The topological polar surface area (TPSA) is 29.5 Å². The van der Waals surface area contributed by atoms with Crippen LogP contribution in [0.4, 0.5) is 0 Å². The van der Waals surface area contributed by atoms with Gasteiger partial charge in [-0.3, -0.25) is 0 Å². The standard InChI is InChI=1S/C9H11BrO2S/c10-7-2-4-13-9(7)8(11)6-1-3-12-5-6/h2,4,6,8,11H,1,3,5H2. The summed E-state index contributed by atoms with van der Waals surface area (Å²) in [5.41, 5.74) is 0. The van der Waals surface area contributed by atoms with E-state index in [2.05, 4.69) is 15.9 Å². The largest absolute Gasteiger partial charge is 0.387 e. The van der Waals surface area contributed by atoms with E-state index in [9.17, 15) is 5.11 Å². The van der Waals surface area contributed by atoms with E-state index in [1.807, 2.05) is 11.4 Å². The number of hydrogen-bond donors (Lipinski definition) is 1. The SMILES string of the molecule is OC(c1sccc1Br)C1CCOC1. The highest BCUT2D eigenvalue weighted by Gasteiger charge is 2.27. The van der Waals surface area contributed by atoms with Crippen LogP contribution in [0.1, 0.15) is 17.4 Å². The smallest absolute Gasteiger partial charge is 0.0944 e. The zero-order chi connectivity index (χ0) is 9.26. The molecule has 1 aromatic heterocycles. The van der Waals surface area contributed by atoms with E-state index >= 15 is 0 Å². The van der Waals surface area contributed by atoms with Gasteiger partial charge in [-0.25, -0.2) is 0 Å². The Hall–Kier alpha value is 0.1000. The number of halogens is 1. The van der Waals surface area contributed by atoms with Crippen LogP contribution in [-0.4, -0.2) is 18.3 Å². The maximum Gasteiger partial charge on any atom is 0.0944 e. The molecule has 1 fully saturated rings. The molecular formula is C9H11BrO2S. The Morgan fingerprint density at radius 1 is 1.69 bits per heavy atom. The van der Waals surface area contributed by atoms with E-state index < -0.39 is 0 Å². The normalized spacial score (nSPS) is 24.9. The summed E-state index contributed by atoms with van der Waals surface area (Å²) < 4.78 is 6.26. The Bertz CT molecular complexity index is 281. The van der Waals surface area contributed by atoms with Gasteiger partial charge in [0.15, 0.2) is 0 Å². The third-order valence-electron chi connectivity index (χ3n) is 2.32. The lowest BCUT2D eigenvalue weighted by atomic mass is 10.0. The fourth-order valence-electron chi connectivity index (χ4n) is 1.53. The van der Waals surface area contributed by atoms with Crippen molar-refractivity contribution in [1.82, 2.24) is 0 Å². The van der Waals surface area contributed by atoms with Gasteiger partial charge in [0.05, 0.1) is 12.7 Å². The molecule has 1 aliphatic rings. The Kier molecular flexibility index (Phi) is 3.03. The summed E-state index contributed by atoms with van der Waals surface area (Å²) in [6.07, 6.45) is 0.600. The second-order valence-electron chi connectivity index (χ2n) is 3.20. The molecule has 2 rings (SSSR count). The lowest BCUT2D eigenvalue weighted by molar-refractivity contribution is 0.0940. The van der Waals surface area contributed by atoms with Crippen molar-refractivity contribution in [2.45, 2.75) is 12.5 Å². The van der Waals surface area contributed by atoms with Gasteiger partial charge >= 0.3 is 0 Å². The van der Waals surface area contributed by atoms with Crippen molar-refractivity contribution in [2.75, 3.05) is 13.2 Å². The zero-order valence-electron chi connectivity index (χ0n) is 7.07. The van der Waals surface area contributed by atoms with Crippen LogP contribution < -0.4 is 0 Å². The first kappa shape index (κ1) is 9.65. The fourth-order valence-corrected chi connectivity index (χ4v) is 3.22. The number of rotatable bonds is 2. The van der Waals surface area contributed by atoms with E-state index in [1.165, 1.54) is 0 Å². The maximum atomic E-state index is 9.99. The molecule has 1 aliphatic heterocycles. The monoisotopic (exact) mass is 262 g/mol. The molecule has 0 amide bonds. The van der Waals surface area contributed by atoms with Crippen molar-refractivity contribution < 1.29 is 9.84 Å². The Labute approximate surface area is 89.7 Å². The molecule has 4 heteroatoms. The maximum absolute atomic E-state index is 9.99. The summed E-state index contributed by atoms with van der Waals surface area (Å²) in [4.78, 5) is 1.02. The molecule has 0 aromatic carbocycles. The third-order valence-corrected chi connectivity index (χ3v) is 4.27. The van der Waals surface area contributed by atoms with Crippen LogP contribution in [0.25, 0.3) is 0 Å². The van der Waals surface area contributed by atoms with Gasteiger partial charge in [-0.15, -0.1) is 11.3 Å². The quantitative estimate of drug-likeness (QED) is 0.888. The van der Waals surface area contributed by atoms with Gasteiger partial charge in [0, 0.05) is 21.9 Å². The van der Waals surface area contributed by atoms with Crippen LogP contribution in [0.2, 0.25) is 0 Å². The first-order valence-electron chi connectivity index (χ1n) is 4.27. The number of aliphatic hydroxyl groups is 1. The molecule has 0 bridgehead atoms. The number of aliphatic hydroxyl groups excluding tert-OH is 1. The molecule has 2 heterocycles. The van der Waals surface area contributed by atoms with E-state index in [0.717, 1.165) is 22.4 Å². The van der Waals surface area contributed by atoms with Gasteiger partial charge in [-0.05, 0) is 33.8 Å². The molecule has 0 spiro atoms. The molecule has 13 heavy (non-hydrogen) atoms. The summed E-state index contributed by atoms with van der Waals surface area (Å²) in [7, 11) is 0. The Balaban J connectivity index is 2.12. The molecule has 0 radical (unpaired) electrons. The second kappa shape index (κ2) is 4.09. The highest BCUT2D eigenvalue weighted by molar-refractivity contribution is 9.10. The number of thiophene rings is 1. The predicted octanol–water partition coefficient (Wildman–Crippen LogP) is 2.58. The van der Waals surface area contributed by atoms with E-state index in [-0.39, 0.29) is 12.0 Å². The minimum Gasteiger partial charge on any atom is -0.387 e. The van der Waals surface area contributed by atoms with Gasteiger partial charge in [0.25, 0.3) is 0 Å². The third kappa shape index (κ3) is 1.96. The summed E-state index contributed by atoms with van der Waals surface area (Å²) in [6.45, 7) is 1.47. The first-order chi connectivity index (χ1) is 6.29. The summed E-state index contributed by atoms with van der Waals surface area (Å²) in [5.74, 6) is 0.273. The Morgan fingerprint density at radius 2 is 2.54 bits per heavy atom. The van der Waals surface area contributed by atoms with E-state index in [0.29, 0.717) is 6.61 Å². The van der Waals surface area contributed by atoms with Gasteiger partial charge in [-0.1, -0.05) is 0 Å². The molecule has 2 unspecified atom stereocenters. The Morgan fingerprint density at radius 3 is 3.08 bits per heavy atom. The van der Waals surface area contributed by atoms with Gasteiger partial charge in [0.2, 0.25) is 0 Å². The number of hydrogen-bond acceptors (Lipinski definition) is 3. The highest BCUT2D eigenvalue weighted by atomic mass is 79.9. The average molecular weight is 263 g/mol. The molecule has 0 saturated carbocycles. The van der Waals surface area contributed by atoms with Gasteiger partial charge in [0.1, 0.15) is 0 Å². The average Bonchev–Trinajstić information content (AvgIpc) is 2.72. The zero-order valence-corrected chi connectivity index (χ0v) is 9.47.